The van der Waals surface area contributed by atoms with Gasteiger partial charge in [-0.25, -0.2) is 9.13 Å². The van der Waals surface area contributed by atoms with Crippen molar-refractivity contribution >= 4 is 15.6 Å². The fourth-order valence-corrected chi connectivity index (χ4v) is 4.63. The predicted molar refractivity (Wildman–Crippen MR) is 149 cm³/mol. The van der Waals surface area contributed by atoms with Gasteiger partial charge in [0.15, 0.2) is 0 Å². The zero-order chi connectivity index (χ0) is 27.4. The van der Waals surface area contributed by atoms with E-state index in [1.54, 1.807) is 0 Å². The molecule has 0 aliphatic heterocycles. The van der Waals surface area contributed by atoms with Crippen molar-refractivity contribution in [1.82, 2.24) is 0 Å². The van der Waals surface area contributed by atoms with Gasteiger partial charge in [-0.2, -0.15) is 0 Å². The van der Waals surface area contributed by atoms with E-state index >= 15 is 0 Å². The Labute approximate surface area is 221 Å². The molecule has 0 fully saturated rings. The van der Waals surface area contributed by atoms with E-state index in [0.717, 1.165) is 38.5 Å². The molecule has 10 heteroatoms. The number of phosphoric acid groups is 2. The Morgan fingerprint density at radius 3 is 0.778 bits per heavy atom. The van der Waals surface area contributed by atoms with Crippen molar-refractivity contribution in [3.63, 3.8) is 0 Å². The number of phosphoric ester groups is 2. The Morgan fingerprint density at radius 2 is 0.583 bits per heavy atom. The SMILES string of the molecule is CCCCCCCCCCCCCCOP(=O)(O)O.CCCCCCCCCCCCOP(=O)(O)O. The molecule has 0 saturated heterocycles. The number of hydrogen-bond donors (Lipinski definition) is 4. The van der Waals surface area contributed by atoms with E-state index < -0.39 is 15.6 Å². The lowest BCUT2D eigenvalue weighted by molar-refractivity contribution is 0.191. The van der Waals surface area contributed by atoms with Gasteiger partial charge < -0.3 is 19.6 Å². The number of unbranched alkanes of at least 4 members (excludes halogenated alkanes) is 20. The predicted octanol–water partition coefficient (Wildman–Crippen LogP) is 8.81. The van der Waals surface area contributed by atoms with Crippen LogP contribution in [-0.4, -0.2) is 32.8 Å². The first-order valence-electron chi connectivity index (χ1n) is 14.5. The van der Waals surface area contributed by atoms with Crippen LogP contribution in [0.2, 0.25) is 0 Å². The average Bonchev–Trinajstić information content (AvgIpc) is 2.79. The van der Waals surface area contributed by atoms with E-state index in [2.05, 4.69) is 22.9 Å². The third-order valence-electron chi connectivity index (χ3n) is 6.01. The molecule has 0 aliphatic rings. The fraction of sp³-hybridized carbons (Fsp3) is 1.00. The van der Waals surface area contributed by atoms with Crippen LogP contribution in [0.15, 0.2) is 0 Å². The highest BCUT2D eigenvalue weighted by molar-refractivity contribution is 7.46. The molecule has 220 valence electrons. The highest BCUT2D eigenvalue weighted by atomic mass is 31.2. The molecular formula is C26H58O8P2. The van der Waals surface area contributed by atoms with Crippen LogP contribution >= 0.6 is 15.6 Å². The Hall–Kier alpha value is 0.220. The summed E-state index contributed by atoms with van der Waals surface area (Å²) in [6, 6.07) is 0. The molecule has 0 spiro atoms. The number of rotatable bonds is 26. The second-order valence-corrected chi connectivity index (χ2v) is 12.2. The van der Waals surface area contributed by atoms with Crippen molar-refractivity contribution in [2.24, 2.45) is 0 Å². The van der Waals surface area contributed by atoms with Crippen molar-refractivity contribution in [3.8, 4) is 0 Å². The lowest BCUT2D eigenvalue weighted by Gasteiger charge is -2.05. The molecule has 0 aromatic carbocycles. The molecule has 8 nitrogen and oxygen atoms in total. The maximum absolute atomic E-state index is 10.4. The summed E-state index contributed by atoms with van der Waals surface area (Å²) in [6.07, 6.45) is 26.9. The van der Waals surface area contributed by atoms with E-state index in [-0.39, 0.29) is 13.2 Å². The molecule has 0 aromatic heterocycles. The second-order valence-electron chi connectivity index (χ2n) is 9.72. The minimum Gasteiger partial charge on any atom is -0.303 e. The zero-order valence-electron chi connectivity index (χ0n) is 23.3. The van der Waals surface area contributed by atoms with E-state index in [0.29, 0.717) is 0 Å². The maximum atomic E-state index is 10.4. The Kier molecular flexibility index (Phi) is 30.1. The summed E-state index contributed by atoms with van der Waals surface area (Å²) < 4.78 is 29.5. The van der Waals surface area contributed by atoms with Gasteiger partial charge in [-0.05, 0) is 12.8 Å². The quantitative estimate of drug-likeness (QED) is 0.0609. The van der Waals surface area contributed by atoms with Gasteiger partial charge in [0.2, 0.25) is 0 Å². The second kappa shape index (κ2) is 28.2. The molecule has 0 atom stereocenters. The third kappa shape index (κ3) is 41.4. The minimum absolute atomic E-state index is 0.167. The number of hydrogen-bond acceptors (Lipinski definition) is 4. The van der Waals surface area contributed by atoms with Crippen LogP contribution in [0.3, 0.4) is 0 Å². The summed E-state index contributed by atoms with van der Waals surface area (Å²) in [7, 11) is -8.49. The van der Waals surface area contributed by atoms with Crippen molar-refractivity contribution < 1.29 is 37.8 Å². The van der Waals surface area contributed by atoms with Gasteiger partial charge in [-0.3, -0.25) is 9.05 Å². The highest BCUT2D eigenvalue weighted by Gasteiger charge is 2.12. The summed E-state index contributed by atoms with van der Waals surface area (Å²) in [5, 5.41) is 0. The summed E-state index contributed by atoms with van der Waals surface area (Å²) >= 11 is 0. The third-order valence-corrected chi connectivity index (χ3v) is 7.05. The monoisotopic (exact) mass is 560 g/mol. The molecule has 0 unspecified atom stereocenters. The van der Waals surface area contributed by atoms with Crippen LogP contribution in [0.5, 0.6) is 0 Å². The van der Waals surface area contributed by atoms with E-state index in [1.165, 1.54) is 103 Å². The van der Waals surface area contributed by atoms with Gasteiger partial charge >= 0.3 is 15.6 Å². The largest absolute Gasteiger partial charge is 0.469 e. The van der Waals surface area contributed by atoms with Gasteiger partial charge in [-0.1, -0.05) is 142 Å². The summed E-state index contributed by atoms with van der Waals surface area (Å²) in [6.45, 7) is 4.80. The first kappa shape index (κ1) is 38.4. The Bertz CT molecular complexity index is 522. The van der Waals surface area contributed by atoms with Crippen molar-refractivity contribution in [2.45, 2.75) is 155 Å². The molecule has 0 saturated carbocycles. The van der Waals surface area contributed by atoms with Crippen LogP contribution in [0, 0.1) is 0 Å². The summed E-state index contributed by atoms with van der Waals surface area (Å²) in [4.78, 5) is 33.9. The average molecular weight is 561 g/mol. The van der Waals surface area contributed by atoms with Crippen molar-refractivity contribution in [2.75, 3.05) is 13.2 Å². The molecule has 0 rings (SSSR count). The van der Waals surface area contributed by atoms with Crippen LogP contribution in [0.25, 0.3) is 0 Å². The fourth-order valence-electron chi connectivity index (χ4n) is 3.90. The maximum Gasteiger partial charge on any atom is 0.469 e. The van der Waals surface area contributed by atoms with Gasteiger partial charge in [0.05, 0.1) is 13.2 Å². The molecule has 0 heterocycles. The molecule has 4 N–H and O–H groups in total. The lowest BCUT2D eigenvalue weighted by atomic mass is 10.1. The summed E-state index contributed by atoms with van der Waals surface area (Å²) in [5.41, 5.74) is 0. The van der Waals surface area contributed by atoms with E-state index in [4.69, 9.17) is 19.6 Å². The van der Waals surface area contributed by atoms with E-state index in [9.17, 15) is 9.13 Å². The minimum atomic E-state index is -4.25. The first-order valence-corrected chi connectivity index (χ1v) is 17.6. The molecule has 36 heavy (non-hydrogen) atoms. The smallest absolute Gasteiger partial charge is 0.303 e. The Balaban J connectivity index is 0. The van der Waals surface area contributed by atoms with Gasteiger partial charge in [0, 0.05) is 0 Å². The van der Waals surface area contributed by atoms with Gasteiger partial charge in [-0.15, -0.1) is 0 Å². The Morgan fingerprint density at radius 1 is 0.389 bits per heavy atom. The molecular weight excluding hydrogens is 502 g/mol. The van der Waals surface area contributed by atoms with Gasteiger partial charge in [0.1, 0.15) is 0 Å². The van der Waals surface area contributed by atoms with Gasteiger partial charge in [0.25, 0.3) is 0 Å². The standard InChI is InChI=1S/C14H31O4P.C12H27O4P/c1-2-3-4-5-6-7-8-9-10-11-12-13-14-18-19(15,16)17;1-2-3-4-5-6-7-8-9-10-11-12-16-17(13,14)15/h2-14H2,1H3,(H2,15,16,17);2-12H2,1H3,(H2,13,14,15). The normalized spacial score (nSPS) is 11.9. The van der Waals surface area contributed by atoms with Crippen LogP contribution in [-0.2, 0) is 18.2 Å². The van der Waals surface area contributed by atoms with Crippen molar-refractivity contribution in [3.05, 3.63) is 0 Å². The van der Waals surface area contributed by atoms with Crippen LogP contribution in [0.4, 0.5) is 0 Å². The van der Waals surface area contributed by atoms with E-state index in [1.807, 2.05) is 0 Å². The molecule has 0 bridgehead atoms. The lowest BCUT2D eigenvalue weighted by Crippen LogP contribution is -1.92. The molecule has 0 aliphatic carbocycles. The highest BCUT2D eigenvalue weighted by Crippen LogP contribution is 2.36. The van der Waals surface area contributed by atoms with Crippen LogP contribution in [0.1, 0.15) is 155 Å². The van der Waals surface area contributed by atoms with Crippen molar-refractivity contribution in [1.29, 1.82) is 0 Å². The summed E-state index contributed by atoms with van der Waals surface area (Å²) in [5.74, 6) is 0. The molecule has 0 amide bonds. The molecule has 0 aromatic rings. The molecule has 0 radical (unpaired) electrons. The van der Waals surface area contributed by atoms with Crippen LogP contribution < -0.4 is 0 Å². The first-order chi connectivity index (χ1) is 17.1. The topological polar surface area (TPSA) is 134 Å². The zero-order valence-corrected chi connectivity index (χ0v) is 25.1.